The molecule has 0 aliphatic rings. The summed E-state index contributed by atoms with van der Waals surface area (Å²) in [4.78, 5) is 27.6. The Morgan fingerprint density at radius 1 is 1.33 bits per heavy atom. The molecule has 1 aromatic carbocycles. The number of benzene rings is 1. The van der Waals surface area contributed by atoms with Gasteiger partial charge in [0.05, 0.1) is 0 Å². The number of phosphoric acid groups is 1. The topological polar surface area (TPSA) is 130 Å². The molecule has 0 aliphatic carbocycles. The van der Waals surface area contributed by atoms with Crippen LogP contribution in [0.15, 0.2) is 24.3 Å². The van der Waals surface area contributed by atoms with Gasteiger partial charge in [0.2, 0.25) is 0 Å². The van der Waals surface area contributed by atoms with Gasteiger partial charge in [-0.1, -0.05) is 12.1 Å². The van der Waals surface area contributed by atoms with Crippen LogP contribution < -0.4 is 10.3 Å². The van der Waals surface area contributed by atoms with E-state index in [0.717, 1.165) is 0 Å². The van der Waals surface area contributed by atoms with Crippen LogP contribution in [0.5, 0.6) is 5.75 Å². The minimum absolute atomic E-state index is 0. The standard InChI is InChI=1S/C9H12NO6P.Eu/c10-8(9(11)12)5-6-1-3-7(4-2-6)16-17(13,14)15;/h1-4,8H,5,10H2,(H,11,12)(H2,13,14,15);/t8-;/m0./s1. The zero-order chi connectivity index (χ0) is 13.1. The second-order valence-corrected chi connectivity index (χ2v) is 4.54. The van der Waals surface area contributed by atoms with Crippen molar-refractivity contribution in [2.45, 2.75) is 12.5 Å². The Balaban J connectivity index is 0.00000289. The molecule has 0 heterocycles. The summed E-state index contributed by atoms with van der Waals surface area (Å²) in [5.74, 6) is -1.11. The van der Waals surface area contributed by atoms with Gasteiger partial charge in [0, 0.05) is 49.4 Å². The molecule has 0 amide bonds. The van der Waals surface area contributed by atoms with Crippen LogP contribution in [0, 0.1) is 49.4 Å². The van der Waals surface area contributed by atoms with E-state index < -0.39 is 19.8 Å². The molecule has 0 saturated heterocycles. The number of carboxylic acids is 1. The summed E-state index contributed by atoms with van der Waals surface area (Å²) in [6, 6.07) is 4.65. The second-order valence-electron chi connectivity index (χ2n) is 3.37. The third-order valence-corrected chi connectivity index (χ3v) is 2.37. The normalized spacial score (nSPS) is 12.4. The molecule has 1 radical (unpaired) electrons. The third-order valence-electron chi connectivity index (χ3n) is 1.92. The Labute approximate surface area is 144 Å². The summed E-state index contributed by atoms with van der Waals surface area (Å²) < 4.78 is 14.9. The van der Waals surface area contributed by atoms with Gasteiger partial charge in [-0.15, -0.1) is 0 Å². The average Bonchev–Trinajstić information content (AvgIpc) is 2.18. The van der Waals surface area contributed by atoms with Crippen LogP contribution in [0.25, 0.3) is 0 Å². The van der Waals surface area contributed by atoms with Gasteiger partial charge in [-0.2, -0.15) is 0 Å². The zero-order valence-corrected chi connectivity index (χ0v) is 12.4. The maximum Gasteiger partial charge on any atom is 0.524 e. The molecule has 7 nitrogen and oxygen atoms in total. The summed E-state index contributed by atoms with van der Waals surface area (Å²) in [5.41, 5.74) is 5.97. The van der Waals surface area contributed by atoms with Gasteiger partial charge in [-0.25, -0.2) is 4.57 Å². The number of hydrogen-bond donors (Lipinski definition) is 4. The molecule has 1 atom stereocenters. The van der Waals surface area contributed by atoms with Crippen LogP contribution in [-0.2, 0) is 15.8 Å². The molecule has 0 aliphatic heterocycles. The molecule has 0 aromatic heterocycles. The van der Waals surface area contributed by atoms with Crippen molar-refractivity contribution in [3.8, 4) is 5.75 Å². The molecule has 9 heteroatoms. The van der Waals surface area contributed by atoms with Gasteiger partial charge < -0.3 is 15.4 Å². The van der Waals surface area contributed by atoms with Crippen molar-refractivity contribution in [1.82, 2.24) is 0 Å². The fourth-order valence-electron chi connectivity index (χ4n) is 1.16. The Hall–Kier alpha value is 0.184. The van der Waals surface area contributed by atoms with Crippen molar-refractivity contribution in [3.05, 3.63) is 29.8 Å². The fourth-order valence-corrected chi connectivity index (χ4v) is 1.56. The van der Waals surface area contributed by atoms with Crippen molar-refractivity contribution in [1.29, 1.82) is 0 Å². The first kappa shape index (κ1) is 18.2. The first-order valence-corrected chi connectivity index (χ1v) is 6.13. The van der Waals surface area contributed by atoms with Crippen LogP contribution in [0.3, 0.4) is 0 Å². The van der Waals surface area contributed by atoms with E-state index >= 15 is 0 Å². The Morgan fingerprint density at radius 3 is 2.22 bits per heavy atom. The summed E-state index contributed by atoms with van der Waals surface area (Å²) in [7, 11) is -4.56. The zero-order valence-electron chi connectivity index (χ0n) is 9.06. The number of rotatable bonds is 5. The predicted molar refractivity (Wildman–Crippen MR) is 58.4 cm³/mol. The summed E-state index contributed by atoms with van der Waals surface area (Å²) in [5, 5.41) is 8.60. The summed E-state index contributed by atoms with van der Waals surface area (Å²) in [6.07, 6.45) is 0.130. The van der Waals surface area contributed by atoms with Crippen molar-refractivity contribution in [3.63, 3.8) is 0 Å². The van der Waals surface area contributed by atoms with Gasteiger partial charge in [0.15, 0.2) is 0 Å². The van der Waals surface area contributed by atoms with E-state index in [1.54, 1.807) is 0 Å². The molecule has 0 spiro atoms. The van der Waals surface area contributed by atoms with Crippen LogP contribution >= 0.6 is 7.82 Å². The molecular weight excluding hydrogens is 401 g/mol. The SMILES string of the molecule is N[C@@H](Cc1ccc(OP(=O)(O)O)cc1)C(=O)O.[Eu]. The second kappa shape index (κ2) is 7.70. The monoisotopic (exact) mass is 414 g/mol. The maximum atomic E-state index is 10.5. The van der Waals surface area contributed by atoms with Crippen molar-refractivity contribution < 1.29 is 78.2 Å². The van der Waals surface area contributed by atoms with Crippen molar-refractivity contribution in [2.24, 2.45) is 5.73 Å². The van der Waals surface area contributed by atoms with E-state index in [9.17, 15) is 9.36 Å². The largest absolute Gasteiger partial charge is 0.524 e. The number of aliphatic carboxylic acids is 1. The number of hydrogen-bond acceptors (Lipinski definition) is 4. The smallest absolute Gasteiger partial charge is 0.480 e. The van der Waals surface area contributed by atoms with Crippen LogP contribution in [-0.4, -0.2) is 26.9 Å². The maximum absolute atomic E-state index is 10.5. The van der Waals surface area contributed by atoms with Gasteiger partial charge in [-0.3, -0.25) is 14.6 Å². The van der Waals surface area contributed by atoms with Gasteiger partial charge in [0.1, 0.15) is 11.8 Å². The van der Waals surface area contributed by atoms with E-state index in [-0.39, 0.29) is 61.5 Å². The molecule has 1 aromatic rings. The van der Waals surface area contributed by atoms with Crippen LogP contribution in [0.4, 0.5) is 0 Å². The van der Waals surface area contributed by atoms with Crippen LogP contribution in [0.1, 0.15) is 5.56 Å². The number of carboxylic acid groups (broad SMARTS) is 1. The molecule has 1 rings (SSSR count). The molecule has 0 saturated carbocycles. The Bertz CT molecular complexity index is 445. The Kier molecular flexibility index (Phi) is 7.77. The molecular formula is C9H12EuNO6P. The van der Waals surface area contributed by atoms with Gasteiger partial charge in [0.25, 0.3) is 0 Å². The quantitative estimate of drug-likeness (QED) is 0.505. The summed E-state index contributed by atoms with van der Waals surface area (Å²) >= 11 is 0. The van der Waals surface area contributed by atoms with Gasteiger partial charge >= 0.3 is 13.8 Å². The van der Waals surface area contributed by atoms with E-state index in [1.165, 1.54) is 24.3 Å². The van der Waals surface area contributed by atoms with E-state index in [0.29, 0.717) is 5.56 Å². The third kappa shape index (κ3) is 6.94. The predicted octanol–water partition coefficient (Wildman–Crippen LogP) is 0.113. The van der Waals surface area contributed by atoms with Crippen molar-refractivity contribution >= 4 is 13.8 Å². The molecule has 0 bridgehead atoms. The minimum Gasteiger partial charge on any atom is -0.480 e. The number of carbonyl (C=O) groups is 1. The molecule has 18 heavy (non-hydrogen) atoms. The van der Waals surface area contributed by atoms with Gasteiger partial charge in [-0.05, 0) is 24.1 Å². The first-order valence-electron chi connectivity index (χ1n) is 4.60. The fraction of sp³-hybridized carbons (Fsp3) is 0.222. The molecule has 0 unspecified atom stereocenters. The molecule has 0 fully saturated rings. The van der Waals surface area contributed by atoms with Crippen LogP contribution in [0.2, 0.25) is 0 Å². The number of phosphoric ester groups is 1. The Morgan fingerprint density at radius 2 is 1.83 bits per heavy atom. The average molecular weight is 413 g/mol. The first-order chi connectivity index (χ1) is 7.78. The molecule has 101 valence electrons. The minimum atomic E-state index is -4.56. The van der Waals surface area contributed by atoms with E-state index in [2.05, 4.69) is 4.52 Å². The van der Waals surface area contributed by atoms with Crippen molar-refractivity contribution in [2.75, 3.05) is 0 Å². The van der Waals surface area contributed by atoms with E-state index in [1.807, 2.05) is 0 Å². The summed E-state index contributed by atoms with van der Waals surface area (Å²) in [6.45, 7) is 0. The van der Waals surface area contributed by atoms with E-state index in [4.69, 9.17) is 20.6 Å². The number of nitrogens with two attached hydrogens (primary N) is 1. The molecule has 5 N–H and O–H groups in total.